The number of amides is 1. The summed E-state index contributed by atoms with van der Waals surface area (Å²) in [5.74, 6) is 1.10. The lowest BCUT2D eigenvalue weighted by atomic mass is 10.3. The molecule has 3 rings (SSSR count). The molecule has 2 aromatic carbocycles. The molecule has 24 heavy (non-hydrogen) atoms. The van der Waals surface area contributed by atoms with E-state index in [1.807, 2.05) is 48.7 Å². The van der Waals surface area contributed by atoms with E-state index in [1.54, 1.807) is 18.9 Å². The number of para-hydroxylation sites is 1. The lowest BCUT2D eigenvalue weighted by Crippen LogP contribution is -2.13. The molecule has 1 amide bonds. The van der Waals surface area contributed by atoms with Gasteiger partial charge in [-0.05, 0) is 42.7 Å². The Hall–Kier alpha value is -1.70. The Morgan fingerprint density at radius 3 is 2.75 bits per heavy atom. The third kappa shape index (κ3) is 4.03. The van der Waals surface area contributed by atoms with Gasteiger partial charge in [-0.15, -0.1) is 23.5 Å². The van der Waals surface area contributed by atoms with Gasteiger partial charge in [0.1, 0.15) is 5.75 Å². The number of ether oxygens (including phenoxy) is 1. The minimum absolute atomic E-state index is 0.0550. The molecular formula is C17H16N2O2S3. The first-order chi connectivity index (χ1) is 11.7. The molecule has 0 saturated carbocycles. The van der Waals surface area contributed by atoms with Crippen LogP contribution < -0.4 is 10.1 Å². The van der Waals surface area contributed by atoms with Gasteiger partial charge in [-0.1, -0.05) is 17.4 Å². The maximum Gasteiger partial charge on any atom is 0.236 e. The second kappa shape index (κ2) is 7.92. The molecule has 0 aliphatic heterocycles. The molecule has 0 bridgehead atoms. The van der Waals surface area contributed by atoms with Gasteiger partial charge in [0.2, 0.25) is 5.91 Å². The number of benzene rings is 2. The molecule has 124 valence electrons. The normalized spacial score (nSPS) is 10.8. The van der Waals surface area contributed by atoms with Crippen molar-refractivity contribution >= 4 is 56.1 Å². The Bertz CT molecular complexity index is 847. The number of carbonyl (C=O) groups is 1. The summed E-state index contributed by atoms with van der Waals surface area (Å²) in [6.45, 7) is 0. The summed E-state index contributed by atoms with van der Waals surface area (Å²) in [5.41, 5.74) is 0.952. The molecule has 1 N–H and O–H groups in total. The second-order valence-corrected chi connectivity index (χ2v) is 7.77. The van der Waals surface area contributed by atoms with Gasteiger partial charge in [-0.3, -0.25) is 4.79 Å². The third-order valence-electron chi connectivity index (χ3n) is 3.28. The molecule has 1 aromatic heterocycles. The van der Waals surface area contributed by atoms with Gasteiger partial charge in [0, 0.05) is 9.79 Å². The molecule has 0 spiro atoms. The van der Waals surface area contributed by atoms with E-state index in [0.29, 0.717) is 10.9 Å². The van der Waals surface area contributed by atoms with Gasteiger partial charge >= 0.3 is 0 Å². The summed E-state index contributed by atoms with van der Waals surface area (Å²) in [7, 11) is 1.63. The Labute approximate surface area is 153 Å². The van der Waals surface area contributed by atoms with E-state index < -0.39 is 0 Å². The van der Waals surface area contributed by atoms with Crippen molar-refractivity contribution in [3.63, 3.8) is 0 Å². The summed E-state index contributed by atoms with van der Waals surface area (Å²) in [6, 6.07) is 13.7. The smallest absolute Gasteiger partial charge is 0.236 e. The SMILES string of the molecule is COc1ccc(SCC(=O)Nc2nc3c(SC)cccc3s2)cc1. The maximum absolute atomic E-state index is 12.1. The van der Waals surface area contributed by atoms with E-state index in [1.165, 1.54) is 23.1 Å². The van der Waals surface area contributed by atoms with E-state index in [4.69, 9.17) is 4.74 Å². The Morgan fingerprint density at radius 2 is 2.04 bits per heavy atom. The number of rotatable bonds is 6. The minimum Gasteiger partial charge on any atom is -0.497 e. The lowest BCUT2D eigenvalue weighted by Gasteiger charge is -2.03. The van der Waals surface area contributed by atoms with Crippen molar-refractivity contribution in [3.05, 3.63) is 42.5 Å². The lowest BCUT2D eigenvalue weighted by molar-refractivity contribution is -0.113. The number of fused-ring (bicyclic) bond motifs is 1. The van der Waals surface area contributed by atoms with Gasteiger partial charge in [0.15, 0.2) is 5.13 Å². The van der Waals surface area contributed by atoms with Crippen molar-refractivity contribution in [1.82, 2.24) is 4.98 Å². The molecule has 0 atom stereocenters. The highest BCUT2D eigenvalue weighted by Gasteiger charge is 2.10. The Balaban J connectivity index is 1.62. The van der Waals surface area contributed by atoms with Crippen LogP contribution in [0.2, 0.25) is 0 Å². The minimum atomic E-state index is -0.0550. The summed E-state index contributed by atoms with van der Waals surface area (Å²) in [4.78, 5) is 18.8. The maximum atomic E-state index is 12.1. The van der Waals surface area contributed by atoms with Crippen LogP contribution in [-0.4, -0.2) is 30.0 Å². The number of hydrogen-bond acceptors (Lipinski definition) is 6. The summed E-state index contributed by atoms with van der Waals surface area (Å²) < 4.78 is 6.21. The van der Waals surface area contributed by atoms with Crippen LogP contribution in [0.3, 0.4) is 0 Å². The number of methoxy groups -OCH3 is 1. The number of thiazole rings is 1. The van der Waals surface area contributed by atoms with Crippen LogP contribution in [0.25, 0.3) is 10.2 Å². The van der Waals surface area contributed by atoms with E-state index in [9.17, 15) is 4.79 Å². The standard InChI is InChI=1S/C17H16N2O2S3/c1-21-11-6-8-12(9-7-11)23-10-15(20)18-17-19-16-13(22-2)4-3-5-14(16)24-17/h3-9H,10H2,1-2H3,(H,18,19,20). The van der Waals surface area contributed by atoms with Crippen molar-refractivity contribution in [2.75, 3.05) is 24.4 Å². The summed E-state index contributed by atoms with van der Waals surface area (Å²) >= 11 is 4.64. The van der Waals surface area contributed by atoms with E-state index in [0.717, 1.165) is 25.8 Å². The fourth-order valence-corrected chi connectivity index (χ4v) is 4.35. The topological polar surface area (TPSA) is 51.2 Å². The van der Waals surface area contributed by atoms with Crippen LogP contribution >= 0.6 is 34.9 Å². The van der Waals surface area contributed by atoms with Crippen molar-refractivity contribution < 1.29 is 9.53 Å². The fourth-order valence-electron chi connectivity index (χ4n) is 2.12. The highest BCUT2D eigenvalue weighted by Crippen LogP contribution is 2.32. The first-order valence-electron chi connectivity index (χ1n) is 7.20. The molecule has 3 aromatic rings. The van der Waals surface area contributed by atoms with Crippen molar-refractivity contribution in [1.29, 1.82) is 0 Å². The molecule has 0 aliphatic carbocycles. The number of nitrogens with one attached hydrogen (secondary N) is 1. The molecule has 7 heteroatoms. The van der Waals surface area contributed by atoms with Gasteiger partial charge in [-0.25, -0.2) is 4.98 Å². The van der Waals surface area contributed by atoms with Crippen LogP contribution in [0.15, 0.2) is 52.3 Å². The predicted molar refractivity (Wildman–Crippen MR) is 104 cm³/mol. The molecule has 0 unspecified atom stereocenters. The number of carbonyl (C=O) groups excluding carboxylic acids is 1. The second-order valence-electron chi connectivity index (χ2n) is 4.84. The zero-order valence-electron chi connectivity index (χ0n) is 13.2. The summed E-state index contributed by atoms with van der Waals surface area (Å²) in [6.07, 6.45) is 2.03. The van der Waals surface area contributed by atoms with Gasteiger partial charge in [-0.2, -0.15) is 0 Å². The number of aromatic nitrogens is 1. The largest absolute Gasteiger partial charge is 0.497 e. The number of anilines is 1. The monoisotopic (exact) mass is 376 g/mol. The molecule has 1 heterocycles. The highest BCUT2D eigenvalue weighted by molar-refractivity contribution is 8.00. The molecule has 0 aliphatic rings. The Morgan fingerprint density at radius 1 is 1.25 bits per heavy atom. The fraction of sp³-hybridized carbons (Fsp3) is 0.176. The van der Waals surface area contributed by atoms with Crippen molar-refractivity contribution in [2.45, 2.75) is 9.79 Å². The average molecular weight is 377 g/mol. The predicted octanol–water partition coefficient (Wildman–Crippen LogP) is 4.76. The highest BCUT2D eigenvalue weighted by atomic mass is 32.2. The number of thioether (sulfide) groups is 2. The quantitative estimate of drug-likeness (QED) is 0.629. The van der Waals surface area contributed by atoms with E-state index in [2.05, 4.69) is 10.3 Å². The van der Waals surface area contributed by atoms with Crippen LogP contribution in [-0.2, 0) is 4.79 Å². The van der Waals surface area contributed by atoms with Crippen molar-refractivity contribution in [2.24, 2.45) is 0 Å². The van der Waals surface area contributed by atoms with Gasteiger partial charge < -0.3 is 10.1 Å². The zero-order chi connectivity index (χ0) is 16.9. The van der Waals surface area contributed by atoms with Crippen LogP contribution in [0.4, 0.5) is 5.13 Å². The average Bonchev–Trinajstić information content (AvgIpc) is 3.02. The van der Waals surface area contributed by atoms with Crippen molar-refractivity contribution in [3.8, 4) is 5.75 Å². The molecule has 4 nitrogen and oxygen atoms in total. The van der Waals surface area contributed by atoms with E-state index in [-0.39, 0.29) is 5.91 Å². The zero-order valence-corrected chi connectivity index (χ0v) is 15.7. The first kappa shape index (κ1) is 17.1. The van der Waals surface area contributed by atoms with E-state index >= 15 is 0 Å². The first-order valence-corrected chi connectivity index (χ1v) is 10.2. The van der Waals surface area contributed by atoms with Crippen LogP contribution in [0.1, 0.15) is 0 Å². The molecule has 0 radical (unpaired) electrons. The molecule has 0 fully saturated rings. The summed E-state index contributed by atoms with van der Waals surface area (Å²) in [5, 5.41) is 3.53. The molecule has 0 saturated heterocycles. The molecular weight excluding hydrogens is 360 g/mol. The van der Waals surface area contributed by atoms with Crippen LogP contribution in [0.5, 0.6) is 5.75 Å². The number of nitrogens with zero attached hydrogens (tertiary/aromatic N) is 1. The number of hydrogen-bond donors (Lipinski definition) is 1. The third-order valence-corrected chi connectivity index (χ3v) is 5.99. The Kier molecular flexibility index (Phi) is 5.65. The van der Waals surface area contributed by atoms with Gasteiger partial charge in [0.25, 0.3) is 0 Å². The van der Waals surface area contributed by atoms with Gasteiger partial charge in [0.05, 0.1) is 23.1 Å². The van der Waals surface area contributed by atoms with Crippen LogP contribution in [0, 0.1) is 0 Å².